The van der Waals surface area contributed by atoms with E-state index in [-0.39, 0.29) is 0 Å². The van der Waals surface area contributed by atoms with E-state index in [2.05, 4.69) is 152 Å². The molecule has 2 heteroatoms. The summed E-state index contributed by atoms with van der Waals surface area (Å²) in [5.41, 5.74) is 7.08. The van der Waals surface area contributed by atoms with Crippen LogP contribution in [0.2, 0.25) is 0 Å². The number of benzene rings is 8. The fourth-order valence-electron chi connectivity index (χ4n) is 7.41. The summed E-state index contributed by atoms with van der Waals surface area (Å²) in [6.45, 7) is 0. The molecular formula is C44H26OS. The van der Waals surface area contributed by atoms with Crippen molar-refractivity contribution in [2.75, 3.05) is 0 Å². The first-order valence-corrected chi connectivity index (χ1v) is 16.5. The summed E-state index contributed by atoms with van der Waals surface area (Å²) >= 11 is 1.83. The minimum atomic E-state index is 0.896. The van der Waals surface area contributed by atoms with Gasteiger partial charge in [-0.15, -0.1) is 11.3 Å². The molecule has 1 nitrogen and oxygen atoms in total. The number of hydrogen-bond acceptors (Lipinski definition) is 2. The average molecular weight is 603 g/mol. The molecule has 0 saturated heterocycles. The lowest BCUT2D eigenvalue weighted by atomic mass is 9.84. The number of rotatable bonds is 3. The zero-order chi connectivity index (χ0) is 30.2. The van der Waals surface area contributed by atoms with Crippen molar-refractivity contribution in [3.63, 3.8) is 0 Å². The first-order valence-electron chi connectivity index (χ1n) is 15.7. The van der Waals surface area contributed by atoms with E-state index < -0.39 is 0 Å². The lowest BCUT2D eigenvalue weighted by Gasteiger charge is -2.19. The molecule has 10 aromatic rings. The maximum Gasteiger partial charge on any atom is 0.152 e. The van der Waals surface area contributed by atoms with Gasteiger partial charge in [0.05, 0.1) is 4.70 Å². The molecule has 0 N–H and O–H groups in total. The molecule has 0 fully saturated rings. The monoisotopic (exact) mass is 602 g/mol. The Morgan fingerprint density at radius 2 is 1.02 bits per heavy atom. The molecule has 0 bridgehead atoms. The highest BCUT2D eigenvalue weighted by Gasteiger charge is 2.23. The maximum atomic E-state index is 6.69. The highest BCUT2D eigenvalue weighted by molar-refractivity contribution is 7.26. The highest BCUT2D eigenvalue weighted by Crippen LogP contribution is 2.50. The van der Waals surface area contributed by atoms with E-state index in [0.29, 0.717) is 0 Å². The number of furan rings is 1. The molecule has 10 rings (SSSR count). The third kappa shape index (κ3) is 3.74. The van der Waals surface area contributed by atoms with E-state index in [9.17, 15) is 0 Å². The molecule has 0 atom stereocenters. The van der Waals surface area contributed by atoms with Crippen LogP contribution in [0.15, 0.2) is 162 Å². The topological polar surface area (TPSA) is 13.1 Å². The Balaban J connectivity index is 1.36. The van der Waals surface area contributed by atoms with Crippen LogP contribution in [0, 0.1) is 0 Å². The number of hydrogen-bond donors (Lipinski definition) is 0. The van der Waals surface area contributed by atoms with Crippen molar-refractivity contribution in [1.29, 1.82) is 0 Å². The van der Waals surface area contributed by atoms with E-state index in [1.807, 2.05) is 17.4 Å². The predicted octanol–water partition coefficient (Wildman–Crippen LogP) is 13.3. The van der Waals surface area contributed by atoms with Crippen molar-refractivity contribution >= 4 is 74.8 Å². The summed E-state index contributed by atoms with van der Waals surface area (Å²) in [5, 5.41) is 11.2. The third-order valence-electron chi connectivity index (χ3n) is 9.43. The van der Waals surface area contributed by atoms with Gasteiger partial charge in [-0.05, 0) is 78.8 Å². The zero-order valence-corrected chi connectivity index (χ0v) is 25.6. The van der Waals surface area contributed by atoms with Crippen LogP contribution in [0.3, 0.4) is 0 Å². The Kier molecular flexibility index (Phi) is 5.51. The molecule has 46 heavy (non-hydrogen) atoms. The van der Waals surface area contributed by atoms with Gasteiger partial charge >= 0.3 is 0 Å². The van der Waals surface area contributed by atoms with Gasteiger partial charge in [-0.3, -0.25) is 0 Å². The summed E-state index contributed by atoms with van der Waals surface area (Å²) in [7, 11) is 0. The normalized spacial score (nSPS) is 11.9. The molecule has 8 aromatic carbocycles. The van der Waals surface area contributed by atoms with Gasteiger partial charge in [0.25, 0.3) is 0 Å². The first kappa shape index (κ1) is 25.6. The quantitative estimate of drug-likeness (QED) is 0.183. The minimum Gasteiger partial charge on any atom is -0.455 e. The van der Waals surface area contributed by atoms with Gasteiger partial charge < -0.3 is 4.42 Å². The van der Waals surface area contributed by atoms with Crippen molar-refractivity contribution in [3.8, 4) is 33.6 Å². The van der Waals surface area contributed by atoms with E-state index in [4.69, 9.17) is 4.42 Å². The fraction of sp³-hybridized carbons (Fsp3) is 0. The van der Waals surface area contributed by atoms with Crippen molar-refractivity contribution in [1.82, 2.24) is 0 Å². The van der Waals surface area contributed by atoms with Crippen molar-refractivity contribution in [2.45, 2.75) is 0 Å². The van der Waals surface area contributed by atoms with Gasteiger partial charge in [-0.2, -0.15) is 0 Å². The lowest BCUT2D eigenvalue weighted by Crippen LogP contribution is -1.91. The molecule has 0 spiro atoms. The summed E-state index contributed by atoms with van der Waals surface area (Å²) in [6.07, 6.45) is 0. The molecule has 2 aromatic heterocycles. The minimum absolute atomic E-state index is 0.896. The SMILES string of the molecule is c1ccc(-c2cc3cc(-c4c5ccccc5c(-c5ccc6ccccc6c5)c5ccccc45)c4c5ccccc5sc4c3o2)cc1. The van der Waals surface area contributed by atoms with Gasteiger partial charge in [0.15, 0.2) is 5.58 Å². The second-order valence-corrected chi connectivity index (χ2v) is 13.1. The molecule has 0 aliphatic rings. The van der Waals surface area contributed by atoms with Gasteiger partial charge in [0.1, 0.15) is 5.76 Å². The van der Waals surface area contributed by atoms with E-state index in [1.165, 1.54) is 74.7 Å². The van der Waals surface area contributed by atoms with Crippen LogP contribution >= 0.6 is 11.3 Å². The molecule has 0 aliphatic heterocycles. The van der Waals surface area contributed by atoms with E-state index in [0.717, 1.165) is 22.3 Å². The highest BCUT2D eigenvalue weighted by atomic mass is 32.1. The number of fused-ring (bicyclic) bond motifs is 8. The standard InChI is InChI=1S/C44H26OS/c1-2-13-28(14-3-1)38-26-31-25-37(42-36-20-10-11-21-39(36)46-44(42)43(31)45-38)41-34-18-8-6-16-32(34)40(33-17-7-9-19-35(33)41)30-23-22-27-12-4-5-15-29(27)24-30/h1-26H. The smallest absolute Gasteiger partial charge is 0.152 e. The van der Waals surface area contributed by atoms with Crippen molar-refractivity contribution in [2.24, 2.45) is 0 Å². The molecule has 214 valence electrons. The predicted molar refractivity (Wildman–Crippen MR) is 198 cm³/mol. The Morgan fingerprint density at radius 3 is 1.76 bits per heavy atom. The van der Waals surface area contributed by atoms with Gasteiger partial charge in [0, 0.05) is 26.4 Å². The van der Waals surface area contributed by atoms with Crippen molar-refractivity contribution < 1.29 is 4.42 Å². The van der Waals surface area contributed by atoms with E-state index >= 15 is 0 Å². The lowest BCUT2D eigenvalue weighted by molar-refractivity contribution is 0.635. The van der Waals surface area contributed by atoms with Crippen molar-refractivity contribution in [3.05, 3.63) is 158 Å². The first-order chi connectivity index (χ1) is 22.8. The Morgan fingerprint density at radius 1 is 0.413 bits per heavy atom. The Labute approximate surface area is 269 Å². The van der Waals surface area contributed by atoms with Gasteiger partial charge in [-0.25, -0.2) is 0 Å². The second-order valence-electron chi connectivity index (χ2n) is 12.0. The van der Waals surface area contributed by atoms with Gasteiger partial charge in [0.2, 0.25) is 0 Å². The molecule has 0 aliphatic carbocycles. The molecule has 0 saturated carbocycles. The van der Waals surface area contributed by atoms with Gasteiger partial charge in [-0.1, -0.05) is 133 Å². The molecule has 0 amide bonds. The third-order valence-corrected chi connectivity index (χ3v) is 10.6. The molecule has 0 radical (unpaired) electrons. The van der Waals surface area contributed by atoms with E-state index in [1.54, 1.807) is 0 Å². The van der Waals surface area contributed by atoms with Crippen LogP contribution < -0.4 is 0 Å². The van der Waals surface area contributed by atoms with Crippen LogP contribution in [-0.4, -0.2) is 0 Å². The van der Waals surface area contributed by atoms with Crippen LogP contribution in [0.1, 0.15) is 0 Å². The molecular weight excluding hydrogens is 577 g/mol. The summed E-state index contributed by atoms with van der Waals surface area (Å²) in [6, 6.07) is 57.2. The molecule has 0 unspecified atom stereocenters. The zero-order valence-electron chi connectivity index (χ0n) is 24.8. The Bertz CT molecular complexity index is 2740. The second kappa shape index (κ2) is 9.90. The van der Waals surface area contributed by atoms with Crippen LogP contribution in [-0.2, 0) is 0 Å². The summed E-state index contributed by atoms with van der Waals surface area (Å²) in [5.74, 6) is 0.896. The van der Waals surface area contributed by atoms with Crippen LogP contribution in [0.25, 0.3) is 97.0 Å². The maximum absolute atomic E-state index is 6.69. The largest absolute Gasteiger partial charge is 0.455 e. The fourth-order valence-corrected chi connectivity index (χ4v) is 8.63. The van der Waals surface area contributed by atoms with Crippen LogP contribution in [0.5, 0.6) is 0 Å². The van der Waals surface area contributed by atoms with Crippen LogP contribution in [0.4, 0.5) is 0 Å². The summed E-state index contributed by atoms with van der Waals surface area (Å²) < 4.78 is 9.15. The number of thiophene rings is 1. The molecule has 2 heterocycles. The average Bonchev–Trinajstić information content (AvgIpc) is 3.73. The Hall–Kier alpha value is -5.70. The summed E-state index contributed by atoms with van der Waals surface area (Å²) in [4.78, 5) is 0.